The lowest BCUT2D eigenvalue weighted by Crippen LogP contribution is -2.37. The molecular formula is C26H23ClN4O3S. The van der Waals surface area contributed by atoms with Crippen LogP contribution in [0.25, 0.3) is 22.3 Å². The number of pyridine rings is 2. The number of benzene rings is 2. The number of anilines is 2. The number of sulfonamides is 1. The zero-order valence-corrected chi connectivity index (χ0v) is 20.6. The standard InChI is InChI=1S/C26H23ClN4O3S/c1-17-15-19(31-13-2-3-14-35(31,33)34)7-8-20(17)26(32)29-18-6-9-22(27)21(16-18)23-10-11-24-25(30-23)5-4-12-28-24/h4-12,15-16H,2-3,13-14H2,1H3,(H,29,32). The van der Waals surface area contributed by atoms with Crippen LogP contribution in [0.5, 0.6) is 0 Å². The van der Waals surface area contributed by atoms with Crippen LogP contribution in [-0.2, 0) is 10.0 Å². The largest absolute Gasteiger partial charge is 0.322 e. The van der Waals surface area contributed by atoms with Gasteiger partial charge in [0.05, 0.1) is 33.2 Å². The number of carbonyl (C=O) groups excluding carboxylic acids is 1. The van der Waals surface area contributed by atoms with Crippen LogP contribution in [0.2, 0.25) is 5.02 Å². The van der Waals surface area contributed by atoms with Gasteiger partial charge in [-0.15, -0.1) is 0 Å². The maximum absolute atomic E-state index is 13.1. The lowest BCUT2D eigenvalue weighted by molar-refractivity contribution is 0.102. The maximum Gasteiger partial charge on any atom is 0.255 e. The second-order valence-corrected chi connectivity index (χ2v) is 10.9. The molecule has 7 nitrogen and oxygen atoms in total. The number of aryl methyl sites for hydroxylation is 1. The number of rotatable bonds is 4. The number of aromatic nitrogens is 2. The van der Waals surface area contributed by atoms with Gasteiger partial charge in [0.2, 0.25) is 10.0 Å². The van der Waals surface area contributed by atoms with Crippen molar-refractivity contribution in [3.8, 4) is 11.3 Å². The molecule has 3 heterocycles. The quantitative estimate of drug-likeness (QED) is 0.398. The van der Waals surface area contributed by atoms with E-state index in [0.29, 0.717) is 51.7 Å². The van der Waals surface area contributed by atoms with Crippen molar-refractivity contribution in [2.24, 2.45) is 0 Å². The van der Waals surface area contributed by atoms with Crippen molar-refractivity contribution in [3.63, 3.8) is 0 Å². The molecule has 2 aromatic carbocycles. The highest BCUT2D eigenvalue weighted by atomic mass is 35.5. The van der Waals surface area contributed by atoms with Crippen LogP contribution < -0.4 is 9.62 Å². The molecule has 0 unspecified atom stereocenters. The molecule has 1 amide bonds. The van der Waals surface area contributed by atoms with Gasteiger partial charge < -0.3 is 5.32 Å². The van der Waals surface area contributed by atoms with Crippen molar-refractivity contribution in [3.05, 3.63) is 83.0 Å². The Morgan fingerprint density at radius 2 is 1.89 bits per heavy atom. The lowest BCUT2D eigenvalue weighted by Gasteiger charge is -2.28. The number of nitrogens with one attached hydrogen (secondary N) is 1. The molecular weight excluding hydrogens is 484 g/mol. The van der Waals surface area contributed by atoms with Crippen molar-refractivity contribution >= 4 is 49.9 Å². The van der Waals surface area contributed by atoms with Crippen LogP contribution in [0.1, 0.15) is 28.8 Å². The Labute approximate surface area is 208 Å². The lowest BCUT2D eigenvalue weighted by atomic mass is 10.1. The smallest absolute Gasteiger partial charge is 0.255 e. The van der Waals surface area contributed by atoms with Crippen LogP contribution in [-0.4, -0.2) is 36.6 Å². The fourth-order valence-electron chi connectivity index (χ4n) is 4.24. The molecule has 0 bridgehead atoms. The fourth-order valence-corrected chi connectivity index (χ4v) is 6.09. The van der Waals surface area contributed by atoms with Gasteiger partial charge in [0.15, 0.2) is 0 Å². The van der Waals surface area contributed by atoms with E-state index < -0.39 is 10.0 Å². The summed E-state index contributed by atoms with van der Waals surface area (Å²) in [4.78, 5) is 22.0. The average molecular weight is 507 g/mol. The Balaban J connectivity index is 1.40. The summed E-state index contributed by atoms with van der Waals surface area (Å²) in [6.45, 7) is 2.26. The van der Waals surface area contributed by atoms with E-state index in [9.17, 15) is 13.2 Å². The highest BCUT2D eigenvalue weighted by Gasteiger charge is 2.26. The monoisotopic (exact) mass is 506 g/mol. The molecule has 1 fully saturated rings. The number of hydrogen-bond acceptors (Lipinski definition) is 5. The van der Waals surface area contributed by atoms with Crippen molar-refractivity contribution in [2.75, 3.05) is 21.9 Å². The molecule has 1 N–H and O–H groups in total. The molecule has 178 valence electrons. The minimum absolute atomic E-state index is 0.149. The third-order valence-corrected chi connectivity index (χ3v) is 8.25. The van der Waals surface area contributed by atoms with E-state index in [-0.39, 0.29) is 11.7 Å². The van der Waals surface area contributed by atoms with Crippen molar-refractivity contribution < 1.29 is 13.2 Å². The first-order valence-electron chi connectivity index (χ1n) is 11.3. The van der Waals surface area contributed by atoms with Gasteiger partial charge >= 0.3 is 0 Å². The fraction of sp³-hybridized carbons (Fsp3) is 0.192. The molecule has 0 aliphatic carbocycles. The first-order chi connectivity index (χ1) is 16.8. The number of nitrogens with zero attached hydrogens (tertiary/aromatic N) is 3. The van der Waals surface area contributed by atoms with Crippen molar-refractivity contribution in [2.45, 2.75) is 19.8 Å². The third-order valence-electron chi connectivity index (χ3n) is 6.05. The van der Waals surface area contributed by atoms with Gasteiger partial charge in [0.25, 0.3) is 5.91 Å². The minimum Gasteiger partial charge on any atom is -0.322 e. The first kappa shape index (κ1) is 23.3. The molecule has 1 aliphatic rings. The summed E-state index contributed by atoms with van der Waals surface area (Å²) in [6, 6.07) is 17.8. The summed E-state index contributed by atoms with van der Waals surface area (Å²) in [5.74, 6) is -0.144. The summed E-state index contributed by atoms with van der Waals surface area (Å²) in [7, 11) is -3.31. The number of halogens is 1. The number of hydrogen-bond donors (Lipinski definition) is 1. The van der Waals surface area contributed by atoms with Gasteiger partial charge in [-0.2, -0.15) is 0 Å². The zero-order chi connectivity index (χ0) is 24.6. The number of amides is 1. The van der Waals surface area contributed by atoms with Gasteiger partial charge in [0.1, 0.15) is 0 Å². The molecule has 9 heteroatoms. The van der Waals surface area contributed by atoms with Gasteiger partial charge in [0, 0.05) is 29.6 Å². The third kappa shape index (κ3) is 4.72. The van der Waals surface area contributed by atoms with E-state index in [1.165, 1.54) is 4.31 Å². The minimum atomic E-state index is -3.31. The highest BCUT2D eigenvalue weighted by Crippen LogP contribution is 2.31. The Hall–Kier alpha value is -3.49. The molecule has 2 aromatic heterocycles. The SMILES string of the molecule is Cc1cc(N2CCCCS2(=O)=O)ccc1C(=O)Nc1ccc(Cl)c(-c2ccc3ncccc3n2)c1. The predicted octanol–water partition coefficient (Wildman–Crippen LogP) is 5.44. The van der Waals surface area contributed by atoms with E-state index in [0.717, 1.165) is 17.5 Å². The number of fused-ring (bicyclic) bond motifs is 1. The average Bonchev–Trinajstić information content (AvgIpc) is 2.84. The highest BCUT2D eigenvalue weighted by molar-refractivity contribution is 7.92. The van der Waals surface area contributed by atoms with E-state index >= 15 is 0 Å². The number of carbonyl (C=O) groups is 1. The molecule has 5 rings (SSSR count). The molecule has 1 saturated heterocycles. The van der Waals surface area contributed by atoms with Crippen LogP contribution in [0.15, 0.2) is 66.9 Å². The molecule has 0 atom stereocenters. The Kier molecular flexibility index (Phi) is 6.17. The van der Waals surface area contributed by atoms with Crippen LogP contribution in [0.3, 0.4) is 0 Å². The molecule has 1 aliphatic heterocycles. The van der Waals surface area contributed by atoms with Gasteiger partial charge in [-0.05, 0) is 86.0 Å². The second kappa shape index (κ2) is 9.28. The molecule has 0 radical (unpaired) electrons. The Bertz CT molecular complexity index is 1560. The van der Waals surface area contributed by atoms with Gasteiger partial charge in [-0.3, -0.25) is 14.1 Å². The second-order valence-electron chi connectivity index (χ2n) is 8.48. The Morgan fingerprint density at radius 1 is 1.03 bits per heavy atom. The van der Waals surface area contributed by atoms with Crippen LogP contribution in [0, 0.1) is 6.92 Å². The molecule has 0 saturated carbocycles. The maximum atomic E-state index is 13.1. The normalized spacial score (nSPS) is 15.2. The van der Waals surface area contributed by atoms with Gasteiger partial charge in [-0.1, -0.05) is 11.6 Å². The van der Waals surface area contributed by atoms with E-state index in [1.807, 2.05) is 24.3 Å². The van der Waals surface area contributed by atoms with E-state index in [1.54, 1.807) is 49.5 Å². The molecule has 4 aromatic rings. The molecule has 35 heavy (non-hydrogen) atoms. The summed E-state index contributed by atoms with van der Waals surface area (Å²) in [6.07, 6.45) is 3.21. The Morgan fingerprint density at radius 3 is 2.69 bits per heavy atom. The van der Waals surface area contributed by atoms with E-state index in [4.69, 9.17) is 11.6 Å². The topological polar surface area (TPSA) is 92.3 Å². The summed E-state index contributed by atoms with van der Waals surface area (Å²) in [5, 5.41) is 3.44. The summed E-state index contributed by atoms with van der Waals surface area (Å²) >= 11 is 6.45. The zero-order valence-electron chi connectivity index (χ0n) is 19.0. The van der Waals surface area contributed by atoms with Crippen molar-refractivity contribution in [1.82, 2.24) is 9.97 Å². The van der Waals surface area contributed by atoms with Crippen LogP contribution >= 0.6 is 11.6 Å². The van der Waals surface area contributed by atoms with Gasteiger partial charge in [-0.25, -0.2) is 13.4 Å². The van der Waals surface area contributed by atoms with E-state index in [2.05, 4.69) is 15.3 Å². The first-order valence-corrected chi connectivity index (χ1v) is 13.2. The summed E-state index contributed by atoms with van der Waals surface area (Å²) < 4.78 is 26.3. The van der Waals surface area contributed by atoms with Crippen molar-refractivity contribution in [1.29, 1.82) is 0 Å². The van der Waals surface area contributed by atoms with Crippen LogP contribution in [0.4, 0.5) is 11.4 Å². The predicted molar refractivity (Wildman–Crippen MR) is 139 cm³/mol. The summed E-state index contributed by atoms with van der Waals surface area (Å²) in [5.41, 5.74) is 5.23. The molecule has 0 spiro atoms.